The van der Waals surface area contributed by atoms with Gasteiger partial charge >= 0.3 is 0 Å². The van der Waals surface area contributed by atoms with Crippen LogP contribution in [0.2, 0.25) is 0 Å². The number of nitrogens with zero attached hydrogens (tertiary/aromatic N) is 2. The van der Waals surface area contributed by atoms with E-state index in [1.54, 1.807) is 0 Å². The third-order valence-corrected chi connectivity index (χ3v) is 6.90. The third-order valence-electron chi connectivity index (χ3n) is 4.99. The molecule has 0 saturated carbocycles. The summed E-state index contributed by atoms with van der Waals surface area (Å²) in [5, 5.41) is 2.82. The van der Waals surface area contributed by atoms with E-state index < -0.39 is 15.8 Å². The topological polar surface area (TPSA) is 79.0 Å². The molecule has 0 radical (unpaired) electrons. The molecular weight excluding hydrogens is 409 g/mol. The summed E-state index contributed by atoms with van der Waals surface area (Å²) >= 11 is 0. The second-order valence-electron chi connectivity index (χ2n) is 7.10. The number of rotatable bonds is 8. The van der Waals surface area contributed by atoms with Crippen molar-refractivity contribution in [3.8, 4) is 5.75 Å². The highest BCUT2D eigenvalue weighted by Crippen LogP contribution is 2.18. The van der Waals surface area contributed by atoms with Crippen LogP contribution in [0.1, 0.15) is 5.56 Å². The molecule has 0 aliphatic carbocycles. The summed E-state index contributed by atoms with van der Waals surface area (Å²) in [6.45, 7) is 4.79. The molecule has 1 aliphatic heterocycles. The zero-order valence-electron chi connectivity index (χ0n) is 16.9. The lowest BCUT2D eigenvalue weighted by atomic mass is 10.2. The number of carbonyl (C=O) groups is 1. The minimum absolute atomic E-state index is 0.0471. The van der Waals surface area contributed by atoms with Crippen LogP contribution >= 0.6 is 0 Å². The van der Waals surface area contributed by atoms with E-state index in [1.165, 1.54) is 16.4 Å². The van der Waals surface area contributed by atoms with Gasteiger partial charge in [0, 0.05) is 39.3 Å². The van der Waals surface area contributed by atoms with Gasteiger partial charge in [-0.1, -0.05) is 18.2 Å². The Bertz CT molecular complexity index is 958. The van der Waals surface area contributed by atoms with Gasteiger partial charge in [0.05, 0.1) is 4.90 Å². The Morgan fingerprint density at radius 1 is 1.07 bits per heavy atom. The second-order valence-corrected chi connectivity index (χ2v) is 9.04. The lowest BCUT2D eigenvalue weighted by Crippen LogP contribution is -2.50. The first-order valence-electron chi connectivity index (χ1n) is 9.79. The number of nitrogens with one attached hydrogen (secondary N) is 1. The minimum atomic E-state index is -3.62. The number of ether oxygens (including phenoxy) is 1. The highest BCUT2D eigenvalue weighted by Gasteiger charge is 2.28. The molecule has 1 saturated heterocycles. The van der Waals surface area contributed by atoms with Crippen LogP contribution in [0.3, 0.4) is 0 Å². The summed E-state index contributed by atoms with van der Waals surface area (Å²) in [6, 6.07) is 12.4. The van der Waals surface area contributed by atoms with Gasteiger partial charge in [-0.05, 0) is 42.8 Å². The van der Waals surface area contributed by atoms with Crippen molar-refractivity contribution < 1.29 is 22.3 Å². The SMILES string of the molecule is Cc1ccccc1OCC(=O)NCCN1CCN(S(=O)(=O)c2ccc(F)cc2)CC1. The predicted molar refractivity (Wildman–Crippen MR) is 111 cm³/mol. The van der Waals surface area contributed by atoms with Crippen LogP contribution in [0.15, 0.2) is 53.4 Å². The summed E-state index contributed by atoms with van der Waals surface area (Å²) in [5.41, 5.74) is 0.971. The summed E-state index contributed by atoms with van der Waals surface area (Å²) < 4.78 is 45.2. The van der Waals surface area contributed by atoms with Crippen molar-refractivity contribution in [2.75, 3.05) is 45.9 Å². The number of para-hydroxylation sites is 1. The number of carbonyl (C=O) groups excluding carboxylic acids is 1. The fourth-order valence-corrected chi connectivity index (χ4v) is 4.64. The van der Waals surface area contributed by atoms with Crippen molar-refractivity contribution in [3.63, 3.8) is 0 Å². The van der Waals surface area contributed by atoms with Crippen molar-refractivity contribution in [2.45, 2.75) is 11.8 Å². The predicted octanol–water partition coefficient (Wildman–Crippen LogP) is 1.64. The lowest BCUT2D eigenvalue weighted by Gasteiger charge is -2.33. The lowest BCUT2D eigenvalue weighted by molar-refractivity contribution is -0.123. The summed E-state index contributed by atoms with van der Waals surface area (Å²) in [6.07, 6.45) is 0. The molecule has 0 atom stereocenters. The number of hydrogen-bond acceptors (Lipinski definition) is 5. The van der Waals surface area contributed by atoms with Crippen molar-refractivity contribution in [2.24, 2.45) is 0 Å². The highest BCUT2D eigenvalue weighted by atomic mass is 32.2. The standard InChI is InChI=1S/C21H26FN3O4S/c1-17-4-2-3-5-20(17)29-16-21(26)23-10-11-24-12-14-25(15-13-24)30(27,28)19-8-6-18(22)7-9-19/h2-9H,10-16H2,1H3,(H,23,26). The van der Waals surface area contributed by atoms with Crippen LogP contribution < -0.4 is 10.1 Å². The van der Waals surface area contributed by atoms with Gasteiger partial charge in [0.1, 0.15) is 11.6 Å². The Balaban J connectivity index is 1.38. The molecule has 1 aliphatic rings. The smallest absolute Gasteiger partial charge is 0.257 e. The van der Waals surface area contributed by atoms with Gasteiger partial charge in [-0.3, -0.25) is 9.69 Å². The van der Waals surface area contributed by atoms with Crippen molar-refractivity contribution in [3.05, 3.63) is 59.9 Å². The molecule has 1 amide bonds. The van der Waals surface area contributed by atoms with Gasteiger partial charge in [0.15, 0.2) is 6.61 Å². The molecule has 30 heavy (non-hydrogen) atoms. The monoisotopic (exact) mass is 435 g/mol. The number of hydrogen-bond donors (Lipinski definition) is 1. The molecule has 1 heterocycles. The van der Waals surface area contributed by atoms with Gasteiger partial charge in [-0.25, -0.2) is 12.8 Å². The van der Waals surface area contributed by atoms with Crippen LogP contribution in [0, 0.1) is 12.7 Å². The molecule has 0 spiro atoms. The molecular formula is C21H26FN3O4S. The van der Waals surface area contributed by atoms with E-state index in [1.807, 2.05) is 31.2 Å². The summed E-state index contributed by atoms with van der Waals surface area (Å²) in [5.74, 6) is 0.0204. The summed E-state index contributed by atoms with van der Waals surface area (Å²) in [7, 11) is -3.62. The molecule has 0 unspecified atom stereocenters. The molecule has 2 aromatic rings. The zero-order valence-corrected chi connectivity index (χ0v) is 17.7. The first kappa shape index (κ1) is 22.2. The van der Waals surface area contributed by atoms with Gasteiger partial charge in [-0.15, -0.1) is 0 Å². The quantitative estimate of drug-likeness (QED) is 0.682. The number of amides is 1. The Kier molecular flexibility index (Phi) is 7.41. The van der Waals surface area contributed by atoms with Gasteiger partial charge in [-0.2, -0.15) is 4.31 Å². The van der Waals surface area contributed by atoms with E-state index >= 15 is 0 Å². The third kappa shape index (κ3) is 5.78. The van der Waals surface area contributed by atoms with Crippen LogP contribution in [0.5, 0.6) is 5.75 Å². The number of sulfonamides is 1. The van der Waals surface area contributed by atoms with Crippen LogP contribution in [-0.2, 0) is 14.8 Å². The average molecular weight is 436 g/mol. The molecule has 0 bridgehead atoms. The maximum absolute atomic E-state index is 13.0. The molecule has 162 valence electrons. The van der Waals surface area contributed by atoms with Crippen LogP contribution in [0.25, 0.3) is 0 Å². The molecule has 1 fully saturated rings. The largest absolute Gasteiger partial charge is 0.484 e. The average Bonchev–Trinajstić information content (AvgIpc) is 2.74. The van der Waals surface area contributed by atoms with Crippen LogP contribution in [0.4, 0.5) is 4.39 Å². The van der Waals surface area contributed by atoms with Gasteiger partial charge < -0.3 is 10.1 Å². The fourth-order valence-electron chi connectivity index (χ4n) is 3.22. The van der Waals surface area contributed by atoms with Crippen LogP contribution in [-0.4, -0.2) is 69.4 Å². The van der Waals surface area contributed by atoms with E-state index in [-0.39, 0.29) is 17.4 Å². The molecule has 2 aromatic carbocycles. The molecule has 0 aromatic heterocycles. The first-order valence-corrected chi connectivity index (χ1v) is 11.2. The Morgan fingerprint density at radius 2 is 1.73 bits per heavy atom. The molecule has 7 nitrogen and oxygen atoms in total. The first-order chi connectivity index (χ1) is 14.4. The minimum Gasteiger partial charge on any atom is -0.484 e. The van der Waals surface area contributed by atoms with Gasteiger partial charge in [0.25, 0.3) is 5.91 Å². The normalized spacial score (nSPS) is 15.7. The number of benzene rings is 2. The van der Waals surface area contributed by atoms with E-state index in [0.29, 0.717) is 45.0 Å². The fraction of sp³-hybridized carbons (Fsp3) is 0.381. The second kappa shape index (κ2) is 10.0. The number of halogens is 1. The maximum Gasteiger partial charge on any atom is 0.257 e. The van der Waals surface area contributed by atoms with Crippen molar-refractivity contribution in [1.82, 2.24) is 14.5 Å². The Morgan fingerprint density at radius 3 is 2.40 bits per heavy atom. The Labute approximate surface area is 176 Å². The van der Waals surface area contributed by atoms with E-state index in [4.69, 9.17) is 4.74 Å². The Hall–Kier alpha value is -2.49. The van der Waals surface area contributed by atoms with E-state index in [2.05, 4.69) is 10.2 Å². The number of piperazine rings is 1. The van der Waals surface area contributed by atoms with E-state index in [0.717, 1.165) is 17.7 Å². The van der Waals surface area contributed by atoms with E-state index in [9.17, 15) is 17.6 Å². The van der Waals surface area contributed by atoms with Crippen molar-refractivity contribution in [1.29, 1.82) is 0 Å². The zero-order chi connectivity index (χ0) is 21.6. The highest BCUT2D eigenvalue weighted by molar-refractivity contribution is 7.89. The van der Waals surface area contributed by atoms with Gasteiger partial charge in [0.2, 0.25) is 10.0 Å². The van der Waals surface area contributed by atoms with Crippen molar-refractivity contribution >= 4 is 15.9 Å². The molecule has 3 rings (SSSR count). The molecule has 1 N–H and O–H groups in total. The summed E-state index contributed by atoms with van der Waals surface area (Å²) in [4.78, 5) is 14.2. The maximum atomic E-state index is 13.0. The molecule has 9 heteroatoms. The number of aryl methyl sites for hydroxylation is 1.